The molecule has 0 bridgehead atoms. The van der Waals surface area contributed by atoms with Gasteiger partial charge >= 0.3 is 0 Å². The second-order valence-corrected chi connectivity index (χ2v) is 7.72. The normalized spacial score (nSPS) is 12.5. The lowest BCUT2D eigenvalue weighted by Crippen LogP contribution is -2.32. The fourth-order valence-corrected chi connectivity index (χ4v) is 3.19. The molecular formula is C25H25ClN2O3. The number of para-hydroxylation sites is 1. The van der Waals surface area contributed by atoms with Gasteiger partial charge in [-0.1, -0.05) is 54.1 Å². The SMILES string of the molecule is Cc1cc(O[C@H](C)C(=O)Nc2ccccc2C(=O)N[C@H](C)c2ccccc2)ccc1Cl. The Kier molecular flexibility index (Phi) is 7.32. The van der Waals surface area contributed by atoms with Gasteiger partial charge in [0.15, 0.2) is 6.10 Å². The third-order valence-electron chi connectivity index (χ3n) is 4.89. The van der Waals surface area contributed by atoms with Crippen molar-refractivity contribution in [1.29, 1.82) is 0 Å². The lowest BCUT2D eigenvalue weighted by atomic mass is 10.1. The topological polar surface area (TPSA) is 67.4 Å². The van der Waals surface area contributed by atoms with Crippen LogP contribution >= 0.6 is 11.6 Å². The van der Waals surface area contributed by atoms with Crippen molar-refractivity contribution in [2.24, 2.45) is 0 Å². The Morgan fingerprint density at radius 2 is 1.61 bits per heavy atom. The summed E-state index contributed by atoms with van der Waals surface area (Å²) in [7, 11) is 0. The molecule has 3 rings (SSSR count). The van der Waals surface area contributed by atoms with Gasteiger partial charge in [-0.05, 0) is 62.2 Å². The van der Waals surface area contributed by atoms with Gasteiger partial charge in [0, 0.05) is 5.02 Å². The number of benzene rings is 3. The van der Waals surface area contributed by atoms with Gasteiger partial charge in [-0.15, -0.1) is 0 Å². The molecule has 3 aromatic carbocycles. The third-order valence-corrected chi connectivity index (χ3v) is 5.31. The molecule has 0 spiro atoms. The highest BCUT2D eigenvalue weighted by Gasteiger charge is 2.20. The van der Waals surface area contributed by atoms with E-state index in [-0.39, 0.29) is 17.9 Å². The molecule has 31 heavy (non-hydrogen) atoms. The molecule has 0 aliphatic rings. The van der Waals surface area contributed by atoms with Gasteiger partial charge in [0.1, 0.15) is 5.75 Å². The molecule has 2 amide bonds. The molecule has 0 aliphatic heterocycles. The Labute approximate surface area is 187 Å². The first-order valence-electron chi connectivity index (χ1n) is 10.0. The Bertz CT molecular complexity index is 1070. The molecule has 0 heterocycles. The number of amides is 2. The van der Waals surface area contributed by atoms with Gasteiger partial charge in [-0.3, -0.25) is 9.59 Å². The van der Waals surface area contributed by atoms with E-state index in [1.54, 1.807) is 49.4 Å². The Hall–Kier alpha value is -3.31. The molecule has 0 unspecified atom stereocenters. The van der Waals surface area contributed by atoms with Crippen molar-refractivity contribution >= 4 is 29.1 Å². The van der Waals surface area contributed by atoms with E-state index < -0.39 is 6.10 Å². The maximum atomic E-state index is 12.9. The van der Waals surface area contributed by atoms with Crippen LogP contribution in [-0.4, -0.2) is 17.9 Å². The van der Waals surface area contributed by atoms with E-state index in [0.29, 0.717) is 22.0 Å². The van der Waals surface area contributed by atoms with Crippen LogP contribution in [0.5, 0.6) is 5.75 Å². The minimum Gasteiger partial charge on any atom is -0.481 e. The van der Waals surface area contributed by atoms with E-state index in [1.807, 2.05) is 44.2 Å². The molecule has 0 aliphatic carbocycles. The van der Waals surface area contributed by atoms with E-state index in [9.17, 15) is 9.59 Å². The van der Waals surface area contributed by atoms with Gasteiger partial charge in [0.05, 0.1) is 17.3 Å². The molecule has 0 aromatic heterocycles. The number of hydrogen-bond donors (Lipinski definition) is 2. The van der Waals surface area contributed by atoms with Crippen LogP contribution in [0.4, 0.5) is 5.69 Å². The fraction of sp³-hybridized carbons (Fsp3) is 0.200. The van der Waals surface area contributed by atoms with Crippen LogP contribution in [0.25, 0.3) is 0 Å². The smallest absolute Gasteiger partial charge is 0.265 e. The lowest BCUT2D eigenvalue weighted by Gasteiger charge is -2.18. The monoisotopic (exact) mass is 436 g/mol. The van der Waals surface area contributed by atoms with E-state index >= 15 is 0 Å². The third kappa shape index (κ3) is 5.86. The summed E-state index contributed by atoms with van der Waals surface area (Å²) in [5.41, 5.74) is 2.67. The highest BCUT2D eigenvalue weighted by Crippen LogP contribution is 2.23. The molecule has 0 radical (unpaired) electrons. The predicted octanol–water partition coefficient (Wildman–Crippen LogP) is 5.55. The molecule has 5 nitrogen and oxygen atoms in total. The van der Waals surface area contributed by atoms with Gasteiger partial charge in [-0.2, -0.15) is 0 Å². The standard InChI is InChI=1S/C25H25ClN2O3/c1-16-15-20(13-14-22(16)26)31-18(3)24(29)28-23-12-8-7-11-21(23)25(30)27-17(2)19-9-5-4-6-10-19/h4-15,17-18H,1-3H3,(H,27,30)(H,28,29)/t17-,18-/m1/s1. The average molecular weight is 437 g/mol. The first-order chi connectivity index (χ1) is 14.8. The molecule has 2 N–H and O–H groups in total. The largest absolute Gasteiger partial charge is 0.481 e. The zero-order chi connectivity index (χ0) is 22.4. The second-order valence-electron chi connectivity index (χ2n) is 7.31. The van der Waals surface area contributed by atoms with Crippen LogP contribution in [0.1, 0.15) is 41.4 Å². The van der Waals surface area contributed by atoms with Gasteiger partial charge in [0.25, 0.3) is 11.8 Å². The Morgan fingerprint density at radius 1 is 0.935 bits per heavy atom. The predicted molar refractivity (Wildman–Crippen MR) is 124 cm³/mol. The summed E-state index contributed by atoms with van der Waals surface area (Å²) in [5, 5.41) is 6.41. The van der Waals surface area contributed by atoms with Crippen molar-refractivity contribution < 1.29 is 14.3 Å². The van der Waals surface area contributed by atoms with Crippen LogP contribution in [0.3, 0.4) is 0 Å². The summed E-state index contributed by atoms with van der Waals surface area (Å²) in [4.78, 5) is 25.5. The van der Waals surface area contributed by atoms with E-state index in [1.165, 1.54) is 0 Å². The zero-order valence-electron chi connectivity index (χ0n) is 17.7. The van der Waals surface area contributed by atoms with Crippen molar-refractivity contribution in [3.8, 4) is 5.75 Å². The lowest BCUT2D eigenvalue weighted by molar-refractivity contribution is -0.122. The molecule has 2 atom stereocenters. The first kappa shape index (κ1) is 22.4. The van der Waals surface area contributed by atoms with Crippen LogP contribution in [0, 0.1) is 6.92 Å². The highest BCUT2D eigenvalue weighted by atomic mass is 35.5. The summed E-state index contributed by atoms with van der Waals surface area (Å²) < 4.78 is 5.74. The summed E-state index contributed by atoms with van der Waals surface area (Å²) >= 11 is 6.04. The summed E-state index contributed by atoms with van der Waals surface area (Å²) in [6.07, 6.45) is -0.764. The van der Waals surface area contributed by atoms with E-state index in [4.69, 9.17) is 16.3 Å². The van der Waals surface area contributed by atoms with E-state index in [2.05, 4.69) is 10.6 Å². The van der Waals surface area contributed by atoms with Crippen molar-refractivity contribution in [1.82, 2.24) is 5.32 Å². The van der Waals surface area contributed by atoms with Crippen molar-refractivity contribution in [3.05, 3.63) is 94.5 Å². The van der Waals surface area contributed by atoms with Crippen LogP contribution in [-0.2, 0) is 4.79 Å². The van der Waals surface area contributed by atoms with Crippen LogP contribution in [0.2, 0.25) is 5.02 Å². The molecule has 0 saturated carbocycles. The highest BCUT2D eigenvalue weighted by molar-refractivity contribution is 6.31. The van der Waals surface area contributed by atoms with Crippen molar-refractivity contribution in [2.45, 2.75) is 32.9 Å². The van der Waals surface area contributed by atoms with Crippen molar-refractivity contribution in [3.63, 3.8) is 0 Å². The molecule has 0 fully saturated rings. The number of nitrogens with one attached hydrogen (secondary N) is 2. The quantitative estimate of drug-likeness (QED) is 0.510. The summed E-state index contributed by atoms with van der Waals surface area (Å²) in [6, 6.07) is 21.6. The maximum absolute atomic E-state index is 12.9. The minimum absolute atomic E-state index is 0.173. The molecule has 160 valence electrons. The average Bonchev–Trinajstić information content (AvgIpc) is 2.77. The summed E-state index contributed by atoms with van der Waals surface area (Å²) in [6.45, 7) is 5.43. The number of ether oxygens (including phenoxy) is 1. The van der Waals surface area contributed by atoms with Crippen LogP contribution in [0.15, 0.2) is 72.8 Å². The Balaban J connectivity index is 1.68. The second kappa shape index (κ2) is 10.1. The van der Waals surface area contributed by atoms with Gasteiger partial charge in [-0.25, -0.2) is 0 Å². The number of aryl methyl sites for hydroxylation is 1. The number of anilines is 1. The number of carbonyl (C=O) groups is 2. The molecule has 0 saturated heterocycles. The fourth-order valence-electron chi connectivity index (χ4n) is 3.07. The minimum atomic E-state index is -0.764. The van der Waals surface area contributed by atoms with Crippen molar-refractivity contribution in [2.75, 3.05) is 5.32 Å². The molecule has 6 heteroatoms. The van der Waals surface area contributed by atoms with Gasteiger partial charge in [0.2, 0.25) is 0 Å². The first-order valence-corrected chi connectivity index (χ1v) is 10.4. The summed E-state index contributed by atoms with van der Waals surface area (Å²) in [5.74, 6) is -0.0784. The molecular weight excluding hydrogens is 412 g/mol. The number of rotatable bonds is 7. The van der Waals surface area contributed by atoms with E-state index in [0.717, 1.165) is 11.1 Å². The molecule has 3 aromatic rings. The zero-order valence-corrected chi connectivity index (χ0v) is 18.4. The number of halogens is 1. The van der Waals surface area contributed by atoms with Crippen LogP contribution < -0.4 is 15.4 Å². The Morgan fingerprint density at radius 3 is 2.32 bits per heavy atom. The number of hydrogen-bond acceptors (Lipinski definition) is 3. The van der Waals surface area contributed by atoms with Gasteiger partial charge < -0.3 is 15.4 Å². The maximum Gasteiger partial charge on any atom is 0.265 e. The number of carbonyl (C=O) groups excluding carboxylic acids is 2.